The van der Waals surface area contributed by atoms with Gasteiger partial charge in [-0.1, -0.05) is 0 Å². The third-order valence-electron chi connectivity index (χ3n) is 3.22. The molecule has 0 bridgehead atoms. The normalized spacial score (nSPS) is 31.1. The quantitative estimate of drug-likeness (QED) is 0.530. The Morgan fingerprint density at radius 3 is 2.84 bits per heavy atom. The lowest BCUT2D eigenvalue weighted by molar-refractivity contribution is -0.0299. The minimum atomic E-state index is -1.06. The van der Waals surface area contributed by atoms with E-state index in [1.165, 1.54) is 10.9 Å². The van der Waals surface area contributed by atoms with Crippen LogP contribution in [-0.2, 0) is 4.74 Å². The lowest BCUT2D eigenvalue weighted by Crippen LogP contribution is -2.30. The number of nitrogens with two attached hydrogens (primary N) is 1. The fraction of sp³-hybridized carbons (Fsp3) is 0.500. The summed E-state index contributed by atoms with van der Waals surface area (Å²) < 4.78 is 7.25. The number of rotatable bonds is 1. The molecule has 0 aromatic carbocycles. The SMILES string of the molecule is CC1OC(n2cnc3c(N)[nH]c(=S)nc32)[C@H](O)[C@@H]1O. The molecule has 102 valence electrons. The van der Waals surface area contributed by atoms with E-state index in [1.54, 1.807) is 6.92 Å². The van der Waals surface area contributed by atoms with Gasteiger partial charge in [-0.3, -0.25) is 4.57 Å². The van der Waals surface area contributed by atoms with Crippen LogP contribution in [0.2, 0.25) is 0 Å². The van der Waals surface area contributed by atoms with Crippen molar-refractivity contribution in [2.75, 3.05) is 5.73 Å². The zero-order valence-corrected chi connectivity index (χ0v) is 10.8. The lowest BCUT2D eigenvalue weighted by atomic mass is 10.1. The minimum absolute atomic E-state index is 0.216. The lowest BCUT2D eigenvalue weighted by Gasteiger charge is -2.16. The van der Waals surface area contributed by atoms with Gasteiger partial charge >= 0.3 is 0 Å². The highest BCUT2D eigenvalue weighted by molar-refractivity contribution is 7.71. The molecule has 1 fully saturated rings. The van der Waals surface area contributed by atoms with Crippen molar-refractivity contribution in [3.05, 3.63) is 11.1 Å². The first-order valence-electron chi connectivity index (χ1n) is 5.73. The molecule has 2 unspecified atom stereocenters. The number of H-pyrrole nitrogens is 1. The number of aromatic amines is 1. The Balaban J connectivity index is 2.14. The van der Waals surface area contributed by atoms with Gasteiger partial charge in [0.1, 0.15) is 23.5 Å². The molecule has 5 N–H and O–H groups in total. The Labute approximate surface area is 112 Å². The summed E-state index contributed by atoms with van der Waals surface area (Å²) in [5, 5.41) is 19.7. The number of nitrogen functional groups attached to an aromatic ring is 1. The molecule has 0 spiro atoms. The molecule has 2 aromatic rings. The van der Waals surface area contributed by atoms with E-state index in [1.807, 2.05) is 0 Å². The monoisotopic (exact) mass is 283 g/mol. The molecule has 1 aliphatic rings. The molecule has 1 aliphatic heterocycles. The van der Waals surface area contributed by atoms with E-state index in [-0.39, 0.29) is 4.77 Å². The third kappa shape index (κ3) is 1.82. The molecule has 0 radical (unpaired) electrons. The van der Waals surface area contributed by atoms with Crippen LogP contribution in [0.25, 0.3) is 11.2 Å². The van der Waals surface area contributed by atoms with E-state index in [4.69, 9.17) is 22.7 Å². The Hall–Kier alpha value is -1.55. The molecule has 3 rings (SSSR count). The van der Waals surface area contributed by atoms with Crippen molar-refractivity contribution in [2.24, 2.45) is 0 Å². The number of anilines is 1. The van der Waals surface area contributed by atoms with E-state index in [9.17, 15) is 10.2 Å². The van der Waals surface area contributed by atoms with E-state index in [0.717, 1.165) is 0 Å². The highest BCUT2D eigenvalue weighted by Gasteiger charge is 2.42. The first-order valence-corrected chi connectivity index (χ1v) is 6.14. The number of imidazole rings is 1. The maximum absolute atomic E-state index is 9.98. The zero-order chi connectivity index (χ0) is 13.7. The summed E-state index contributed by atoms with van der Waals surface area (Å²) in [6, 6.07) is 0. The van der Waals surface area contributed by atoms with Crippen molar-refractivity contribution in [1.29, 1.82) is 0 Å². The van der Waals surface area contributed by atoms with Crippen molar-refractivity contribution in [2.45, 2.75) is 31.5 Å². The fourth-order valence-electron chi connectivity index (χ4n) is 2.20. The number of hydrogen-bond donors (Lipinski definition) is 4. The molecule has 8 nitrogen and oxygen atoms in total. The van der Waals surface area contributed by atoms with Gasteiger partial charge in [0.15, 0.2) is 16.6 Å². The van der Waals surface area contributed by atoms with Crippen molar-refractivity contribution in [3.8, 4) is 0 Å². The van der Waals surface area contributed by atoms with Crippen molar-refractivity contribution >= 4 is 29.2 Å². The van der Waals surface area contributed by atoms with Crippen molar-refractivity contribution in [3.63, 3.8) is 0 Å². The Bertz CT molecular complexity index is 683. The topological polar surface area (TPSA) is 122 Å². The van der Waals surface area contributed by atoms with E-state index in [2.05, 4.69) is 15.0 Å². The second-order valence-electron chi connectivity index (χ2n) is 4.49. The number of aliphatic hydroxyl groups excluding tert-OH is 2. The van der Waals surface area contributed by atoms with Gasteiger partial charge in [0.2, 0.25) is 0 Å². The molecule has 0 saturated carbocycles. The van der Waals surface area contributed by atoms with Crippen LogP contribution in [0.3, 0.4) is 0 Å². The Kier molecular flexibility index (Phi) is 2.78. The van der Waals surface area contributed by atoms with E-state index < -0.39 is 24.5 Å². The molecule has 3 heterocycles. The molecule has 19 heavy (non-hydrogen) atoms. The molecule has 1 saturated heterocycles. The number of aliphatic hydroxyl groups is 2. The number of nitrogens with one attached hydrogen (secondary N) is 1. The van der Waals surface area contributed by atoms with Crippen molar-refractivity contribution in [1.82, 2.24) is 19.5 Å². The first-order chi connectivity index (χ1) is 8.99. The highest BCUT2D eigenvalue weighted by Crippen LogP contribution is 2.31. The molecule has 4 atom stereocenters. The van der Waals surface area contributed by atoms with Gasteiger partial charge in [0.25, 0.3) is 0 Å². The van der Waals surface area contributed by atoms with Gasteiger partial charge in [0, 0.05) is 0 Å². The summed E-state index contributed by atoms with van der Waals surface area (Å²) in [5.41, 5.74) is 6.62. The molecule has 2 aromatic heterocycles. The van der Waals surface area contributed by atoms with Crippen LogP contribution in [0.5, 0.6) is 0 Å². The second-order valence-corrected chi connectivity index (χ2v) is 4.88. The van der Waals surface area contributed by atoms with Gasteiger partial charge in [-0.05, 0) is 19.1 Å². The second kappa shape index (κ2) is 4.23. The average Bonchev–Trinajstić information content (AvgIpc) is 2.86. The van der Waals surface area contributed by atoms with Crippen LogP contribution in [-0.4, -0.2) is 48.0 Å². The largest absolute Gasteiger partial charge is 0.388 e. The Morgan fingerprint density at radius 1 is 1.47 bits per heavy atom. The Morgan fingerprint density at radius 2 is 2.21 bits per heavy atom. The number of aromatic nitrogens is 4. The average molecular weight is 283 g/mol. The maximum Gasteiger partial charge on any atom is 0.200 e. The number of hydrogen-bond acceptors (Lipinski definition) is 7. The zero-order valence-electron chi connectivity index (χ0n) is 10.0. The van der Waals surface area contributed by atoms with Gasteiger partial charge in [0.05, 0.1) is 12.4 Å². The standard InChI is InChI=1S/C10H13N5O3S/c1-3-5(16)6(17)9(18-3)15-2-12-4-7(11)13-10(19)14-8(4)15/h2-3,5-6,9,16-17H,1H3,(H3,11,13,14,19)/t3?,5-,6-,9?/m1/s1. The summed E-state index contributed by atoms with van der Waals surface area (Å²) in [4.78, 5) is 10.9. The van der Waals surface area contributed by atoms with Crippen LogP contribution in [0.4, 0.5) is 5.82 Å². The van der Waals surface area contributed by atoms with Crippen LogP contribution in [0, 0.1) is 4.77 Å². The predicted molar refractivity (Wildman–Crippen MR) is 68.7 cm³/mol. The fourth-order valence-corrected chi connectivity index (χ4v) is 2.39. The molecule has 0 amide bonds. The summed E-state index contributed by atoms with van der Waals surface area (Å²) in [5.74, 6) is 0.301. The smallest absolute Gasteiger partial charge is 0.200 e. The predicted octanol–water partition coefficient (Wildman–Crippen LogP) is -0.290. The van der Waals surface area contributed by atoms with Crippen LogP contribution in [0.1, 0.15) is 13.2 Å². The number of ether oxygens (including phenoxy) is 1. The molecular weight excluding hydrogens is 270 g/mol. The van der Waals surface area contributed by atoms with Gasteiger partial charge in [-0.15, -0.1) is 0 Å². The molecule has 0 aliphatic carbocycles. The maximum atomic E-state index is 9.98. The third-order valence-corrected chi connectivity index (χ3v) is 3.42. The van der Waals surface area contributed by atoms with Crippen LogP contribution < -0.4 is 5.73 Å². The van der Waals surface area contributed by atoms with Gasteiger partial charge < -0.3 is 25.7 Å². The first kappa shape index (κ1) is 12.5. The molecular formula is C10H13N5O3S. The van der Waals surface area contributed by atoms with Gasteiger partial charge in [-0.2, -0.15) is 4.98 Å². The summed E-state index contributed by atoms with van der Waals surface area (Å²) in [7, 11) is 0. The molecule has 9 heteroatoms. The summed E-state index contributed by atoms with van der Waals surface area (Å²) >= 11 is 4.96. The number of fused-ring (bicyclic) bond motifs is 1. The van der Waals surface area contributed by atoms with Crippen LogP contribution >= 0.6 is 12.2 Å². The van der Waals surface area contributed by atoms with E-state index in [0.29, 0.717) is 17.0 Å². The summed E-state index contributed by atoms with van der Waals surface area (Å²) in [6.45, 7) is 1.68. The highest BCUT2D eigenvalue weighted by atomic mass is 32.1. The minimum Gasteiger partial charge on any atom is -0.388 e. The van der Waals surface area contributed by atoms with Crippen LogP contribution in [0.15, 0.2) is 6.33 Å². The van der Waals surface area contributed by atoms with Gasteiger partial charge in [-0.25, -0.2) is 4.98 Å². The summed E-state index contributed by atoms with van der Waals surface area (Å²) in [6.07, 6.45) is -1.81. The number of nitrogens with zero attached hydrogens (tertiary/aromatic N) is 3. The van der Waals surface area contributed by atoms with E-state index >= 15 is 0 Å². The van der Waals surface area contributed by atoms with Crippen molar-refractivity contribution < 1.29 is 14.9 Å².